The van der Waals surface area contributed by atoms with E-state index in [-0.39, 0.29) is 0 Å². The molecule has 18 heavy (non-hydrogen) atoms. The number of rotatable bonds is 2. The quantitative estimate of drug-likeness (QED) is 0.811. The highest BCUT2D eigenvalue weighted by molar-refractivity contribution is 4.88. The number of nitrogens with one attached hydrogen (secondary N) is 1. The smallest absolute Gasteiger partial charge is 0.0243 e. The Balaban J connectivity index is 2.62. The standard InChI is InChI=1S/C16H34N2/c1-13-8-10-17-14(16(5,6)7)12-18(13)11-9-15(2,3)4/h13-14,17H,8-12H2,1-7H3. The Hall–Kier alpha value is -0.0800. The van der Waals surface area contributed by atoms with Crippen molar-refractivity contribution in [2.75, 3.05) is 19.6 Å². The predicted octanol–water partition coefficient (Wildman–Crippen LogP) is 3.52. The SMILES string of the molecule is CC1CCNC(C(C)(C)C)CN1CCC(C)(C)C. The molecule has 1 aliphatic heterocycles. The molecule has 1 N–H and O–H groups in total. The Kier molecular flexibility index (Phi) is 5.25. The van der Waals surface area contributed by atoms with Crippen LogP contribution in [0.1, 0.15) is 61.3 Å². The number of nitrogens with zero attached hydrogens (tertiary/aromatic N) is 1. The molecule has 2 atom stereocenters. The van der Waals surface area contributed by atoms with Crippen molar-refractivity contribution in [3.8, 4) is 0 Å². The first kappa shape index (κ1) is 16.0. The summed E-state index contributed by atoms with van der Waals surface area (Å²) in [5, 5.41) is 3.74. The molecule has 1 fully saturated rings. The van der Waals surface area contributed by atoms with Crippen molar-refractivity contribution in [3.63, 3.8) is 0 Å². The second kappa shape index (κ2) is 5.92. The number of hydrogen-bond donors (Lipinski definition) is 1. The highest BCUT2D eigenvalue weighted by Crippen LogP contribution is 2.25. The van der Waals surface area contributed by atoms with Gasteiger partial charge >= 0.3 is 0 Å². The minimum absolute atomic E-state index is 0.351. The van der Waals surface area contributed by atoms with Crippen LogP contribution in [0.4, 0.5) is 0 Å². The lowest BCUT2D eigenvalue weighted by Gasteiger charge is -2.36. The molecule has 1 aliphatic rings. The van der Waals surface area contributed by atoms with Crippen LogP contribution in [-0.4, -0.2) is 36.6 Å². The van der Waals surface area contributed by atoms with E-state index in [1.54, 1.807) is 0 Å². The molecule has 0 aliphatic carbocycles. The van der Waals surface area contributed by atoms with Crippen LogP contribution in [0.15, 0.2) is 0 Å². The van der Waals surface area contributed by atoms with Gasteiger partial charge < -0.3 is 5.32 Å². The van der Waals surface area contributed by atoms with Crippen LogP contribution in [0, 0.1) is 10.8 Å². The fourth-order valence-corrected chi connectivity index (χ4v) is 2.50. The largest absolute Gasteiger partial charge is 0.312 e. The third-order valence-electron chi connectivity index (χ3n) is 4.19. The van der Waals surface area contributed by atoms with Gasteiger partial charge in [-0.15, -0.1) is 0 Å². The lowest BCUT2D eigenvalue weighted by molar-refractivity contribution is 0.146. The summed E-state index contributed by atoms with van der Waals surface area (Å²) in [5.41, 5.74) is 0.792. The van der Waals surface area contributed by atoms with Gasteiger partial charge in [0.2, 0.25) is 0 Å². The van der Waals surface area contributed by atoms with Crippen molar-refractivity contribution in [1.82, 2.24) is 10.2 Å². The van der Waals surface area contributed by atoms with Gasteiger partial charge in [0, 0.05) is 18.6 Å². The Morgan fingerprint density at radius 3 is 2.22 bits per heavy atom. The minimum Gasteiger partial charge on any atom is -0.312 e. The van der Waals surface area contributed by atoms with Gasteiger partial charge in [0.25, 0.3) is 0 Å². The molecule has 2 heteroatoms. The van der Waals surface area contributed by atoms with Crippen LogP contribution >= 0.6 is 0 Å². The summed E-state index contributed by atoms with van der Waals surface area (Å²) in [4.78, 5) is 2.70. The van der Waals surface area contributed by atoms with Crippen molar-refractivity contribution in [2.45, 2.75) is 73.4 Å². The van der Waals surface area contributed by atoms with E-state index in [1.807, 2.05) is 0 Å². The summed E-state index contributed by atoms with van der Waals surface area (Å²) >= 11 is 0. The number of hydrogen-bond acceptors (Lipinski definition) is 2. The van der Waals surface area contributed by atoms with E-state index in [2.05, 4.69) is 58.7 Å². The maximum Gasteiger partial charge on any atom is 0.0243 e. The summed E-state index contributed by atoms with van der Waals surface area (Å²) in [6, 6.07) is 1.33. The van der Waals surface area contributed by atoms with E-state index in [1.165, 1.54) is 25.9 Å². The minimum atomic E-state index is 0.351. The molecule has 1 heterocycles. The molecule has 108 valence electrons. The second-order valence-electron chi connectivity index (χ2n) is 8.32. The normalized spacial score (nSPS) is 28.2. The fourth-order valence-electron chi connectivity index (χ4n) is 2.50. The van der Waals surface area contributed by atoms with Crippen molar-refractivity contribution < 1.29 is 0 Å². The highest BCUT2D eigenvalue weighted by Gasteiger charge is 2.30. The van der Waals surface area contributed by atoms with Gasteiger partial charge in [0.05, 0.1) is 0 Å². The van der Waals surface area contributed by atoms with Crippen LogP contribution in [0.2, 0.25) is 0 Å². The molecule has 0 saturated carbocycles. The van der Waals surface area contributed by atoms with E-state index < -0.39 is 0 Å². The first-order valence-electron chi connectivity index (χ1n) is 7.57. The average Bonchev–Trinajstić information content (AvgIpc) is 2.35. The van der Waals surface area contributed by atoms with E-state index in [0.29, 0.717) is 22.9 Å². The summed E-state index contributed by atoms with van der Waals surface area (Å²) in [6.07, 6.45) is 2.56. The average molecular weight is 254 g/mol. The van der Waals surface area contributed by atoms with Gasteiger partial charge in [-0.2, -0.15) is 0 Å². The second-order valence-corrected chi connectivity index (χ2v) is 8.32. The molecular formula is C16H34N2. The summed E-state index contributed by atoms with van der Waals surface area (Å²) in [7, 11) is 0. The Morgan fingerprint density at radius 2 is 1.72 bits per heavy atom. The zero-order valence-electron chi connectivity index (χ0n) is 13.6. The Morgan fingerprint density at radius 1 is 1.11 bits per heavy atom. The zero-order chi connectivity index (χ0) is 14.0. The van der Waals surface area contributed by atoms with Gasteiger partial charge in [-0.1, -0.05) is 41.5 Å². The lowest BCUT2D eigenvalue weighted by atomic mass is 9.86. The van der Waals surface area contributed by atoms with E-state index in [0.717, 1.165) is 6.54 Å². The lowest BCUT2D eigenvalue weighted by Crippen LogP contribution is -2.47. The van der Waals surface area contributed by atoms with Crippen molar-refractivity contribution in [2.24, 2.45) is 10.8 Å². The Labute approximate surface area is 115 Å². The van der Waals surface area contributed by atoms with Crippen LogP contribution in [0.3, 0.4) is 0 Å². The zero-order valence-corrected chi connectivity index (χ0v) is 13.6. The van der Waals surface area contributed by atoms with E-state index in [9.17, 15) is 0 Å². The molecule has 2 nitrogen and oxygen atoms in total. The summed E-state index contributed by atoms with van der Waals surface area (Å²) in [6.45, 7) is 20.1. The van der Waals surface area contributed by atoms with Gasteiger partial charge in [-0.3, -0.25) is 4.90 Å². The van der Waals surface area contributed by atoms with E-state index in [4.69, 9.17) is 0 Å². The molecule has 0 aromatic heterocycles. The summed E-state index contributed by atoms with van der Waals surface area (Å²) < 4.78 is 0. The molecule has 1 rings (SSSR count). The maximum atomic E-state index is 3.74. The molecule has 0 aromatic carbocycles. The third-order valence-corrected chi connectivity index (χ3v) is 4.19. The molecular weight excluding hydrogens is 220 g/mol. The molecule has 1 saturated heterocycles. The molecule has 0 radical (unpaired) electrons. The van der Waals surface area contributed by atoms with Crippen LogP contribution in [0.5, 0.6) is 0 Å². The topological polar surface area (TPSA) is 15.3 Å². The van der Waals surface area contributed by atoms with Crippen LogP contribution in [-0.2, 0) is 0 Å². The molecule has 0 aromatic rings. The van der Waals surface area contributed by atoms with Gasteiger partial charge in [0.15, 0.2) is 0 Å². The molecule has 2 unspecified atom stereocenters. The van der Waals surface area contributed by atoms with E-state index >= 15 is 0 Å². The summed E-state index contributed by atoms with van der Waals surface area (Å²) in [5.74, 6) is 0. The third kappa shape index (κ3) is 5.27. The molecule has 0 bridgehead atoms. The molecule has 0 spiro atoms. The van der Waals surface area contributed by atoms with Crippen molar-refractivity contribution >= 4 is 0 Å². The van der Waals surface area contributed by atoms with Crippen molar-refractivity contribution in [1.29, 1.82) is 0 Å². The first-order chi connectivity index (χ1) is 8.09. The first-order valence-corrected chi connectivity index (χ1v) is 7.57. The molecule has 0 amide bonds. The van der Waals surface area contributed by atoms with Crippen LogP contribution in [0.25, 0.3) is 0 Å². The van der Waals surface area contributed by atoms with Gasteiger partial charge in [-0.05, 0) is 43.7 Å². The maximum absolute atomic E-state index is 3.74. The Bertz CT molecular complexity index is 247. The van der Waals surface area contributed by atoms with Crippen molar-refractivity contribution in [3.05, 3.63) is 0 Å². The fraction of sp³-hybridized carbons (Fsp3) is 1.00. The monoisotopic (exact) mass is 254 g/mol. The van der Waals surface area contributed by atoms with Gasteiger partial charge in [-0.25, -0.2) is 0 Å². The van der Waals surface area contributed by atoms with Crippen LogP contribution < -0.4 is 5.32 Å². The highest BCUT2D eigenvalue weighted by atomic mass is 15.2. The van der Waals surface area contributed by atoms with Gasteiger partial charge in [0.1, 0.15) is 0 Å². The predicted molar refractivity (Wildman–Crippen MR) is 81.0 cm³/mol.